The van der Waals surface area contributed by atoms with E-state index in [0.29, 0.717) is 43.3 Å². The van der Waals surface area contributed by atoms with Crippen molar-refractivity contribution >= 4 is 29.1 Å². The van der Waals surface area contributed by atoms with Crippen LogP contribution in [0.4, 0.5) is 5.69 Å². The first-order chi connectivity index (χ1) is 16.0. The minimum Gasteiger partial charge on any atom is -0.497 e. The lowest BCUT2D eigenvalue weighted by molar-refractivity contribution is -0.136. The van der Waals surface area contributed by atoms with Crippen LogP contribution in [-0.2, 0) is 20.8 Å². The third-order valence-electron chi connectivity index (χ3n) is 5.92. The third kappa shape index (κ3) is 4.97. The van der Waals surface area contributed by atoms with Crippen molar-refractivity contribution in [1.82, 2.24) is 9.80 Å². The molecule has 9 nitrogen and oxygen atoms in total. The summed E-state index contributed by atoms with van der Waals surface area (Å²) in [5, 5.41) is 5.95. The van der Waals surface area contributed by atoms with Crippen LogP contribution in [-0.4, -0.2) is 72.6 Å². The van der Waals surface area contributed by atoms with Crippen molar-refractivity contribution in [2.75, 3.05) is 38.3 Å². The topological polar surface area (TPSA) is 109 Å². The first-order valence-corrected chi connectivity index (χ1v) is 10.9. The lowest BCUT2D eigenvalue weighted by Crippen LogP contribution is -2.52. The SMILES string of the molecule is COc1cccc(CC(=O)N2CCN(C(=O)C3=NN(c4ccccc4)C(C(N)=O)C3)CC2)c1. The van der Waals surface area contributed by atoms with Gasteiger partial charge in [-0.25, -0.2) is 0 Å². The Morgan fingerprint density at radius 3 is 2.36 bits per heavy atom. The maximum atomic E-state index is 13.1. The number of nitrogens with two attached hydrogens (primary N) is 1. The summed E-state index contributed by atoms with van der Waals surface area (Å²) in [6.45, 7) is 1.72. The van der Waals surface area contributed by atoms with E-state index in [9.17, 15) is 14.4 Å². The van der Waals surface area contributed by atoms with Crippen molar-refractivity contribution in [3.63, 3.8) is 0 Å². The molecule has 2 aromatic carbocycles. The van der Waals surface area contributed by atoms with Gasteiger partial charge in [-0.2, -0.15) is 5.10 Å². The Labute approximate surface area is 192 Å². The van der Waals surface area contributed by atoms with Crippen molar-refractivity contribution in [3.05, 3.63) is 60.2 Å². The summed E-state index contributed by atoms with van der Waals surface area (Å²) in [5.41, 5.74) is 7.46. The summed E-state index contributed by atoms with van der Waals surface area (Å²) in [4.78, 5) is 41.2. The van der Waals surface area contributed by atoms with Gasteiger partial charge in [0.1, 0.15) is 17.5 Å². The number of amides is 3. The van der Waals surface area contributed by atoms with E-state index in [4.69, 9.17) is 10.5 Å². The molecule has 0 radical (unpaired) electrons. The van der Waals surface area contributed by atoms with Gasteiger partial charge in [-0.05, 0) is 29.8 Å². The van der Waals surface area contributed by atoms with Crippen molar-refractivity contribution in [3.8, 4) is 5.75 Å². The van der Waals surface area contributed by atoms with Gasteiger partial charge >= 0.3 is 0 Å². The molecule has 2 aromatic rings. The van der Waals surface area contributed by atoms with Gasteiger partial charge in [-0.1, -0.05) is 30.3 Å². The van der Waals surface area contributed by atoms with Crippen molar-refractivity contribution in [2.24, 2.45) is 10.8 Å². The fraction of sp³-hybridized carbons (Fsp3) is 0.333. The van der Waals surface area contributed by atoms with Gasteiger partial charge in [0.05, 0.1) is 19.2 Å². The molecule has 0 spiro atoms. The lowest BCUT2D eigenvalue weighted by Gasteiger charge is -2.34. The van der Waals surface area contributed by atoms with E-state index in [0.717, 1.165) is 5.56 Å². The van der Waals surface area contributed by atoms with E-state index in [1.165, 1.54) is 5.01 Å². The molecule has 0 saturated carbocycles. The van der Waals surface area contributed by atoms with Crippen LogP contribution in [0.25, 0.3) is 0 Å². The Balaban J connectivity index is 1.37. The molecule has 9 heteroatoms. The fourth-order valence-corrected chi connectivity index (χ4v) is 4.09. The molecule has 2 aliphatic heterocycles. The van der Waals surface area contributed by atoms with E-state index in [-0.39, 0.29) is 24.7 Å². The minimum absolute atomic E-state index is 0.0117. The first-order valence-electron chi connectivity index (χ1n) is 10.9. The van der Waals surface area contributed by atoms with Crippen LogP contribution in [0.1, 0.15) is 12.0 Å². The van der Waals surface area contributed by atoms with Crippen molar-refractivity contribution < 1.29 is 19.1 Å². The molecule has 2 N–H and O–H groups in total. The highest BCUT2D eigenvalue weighted by molar-refractivity contribution is 6.40. The molecule has 33 heavy (non-hydrogen) atoms. The number of piperazine rings is 1. The number of carbonyl (C=O) groups excluding carboxylic acids is 3. The molecule has 0 bridgehead atoms. The summed E-state index contributed by atoms with van der Waals surface area (Å²) in [5.74, 6) is -0.0255. The number of rotatable bonds is 6. The smallest absolute Gasteiger partial charge is 0.270 e. The van der Waals surface area contributed by atoms with Crippen LogP contribution < -0.4 is 15.5 Å². The summed E-state index contributed by atoms with van der Waals surface area (Å²) >= 11 is 0. The van der Waals surface area contributed by atoms with E-state index in [1.54, 1.807) is 16.9 Å². The van der Waals surface area contributed by atoms with Crippen molar-refractivity contribution in [2.45, 2.75) is 18.9 Å². The molecular weight excluding hydrogens is 422 g/mol. The van der Waals surface area contributed by atoms with E-state index < -0.39 is 11.9 Å². The zero-order valence-electron chi connectivity index (χ0n) is 18.5. The maximum Gasteiger partial charge on any atom is 0.270 e. The minimum atomic E-state index is -0.697. The van der Waals surface area contributed by atoms with Crippen LogP contribution in [0.15, 0.2) is 59.7 Å². The number of benzene rings is 2. The fourth-order valence-electron chi connectivity index (χ4n) is 4.09. The van der Waals surface area contributed by atoms with Crippen LogP contribution in [0.2, 0.25) is 0 Å². The molecular formula is C24H27N5O4. The molecule has 1 atom stereocenters. The van der Waals surface area contributed by atoms with Gasteiger partial charge < -0.3 is 20.3 Å². The Morgan fingerprint density at radius 1 is 1.00 bits per heavy atom. The molecule has 172 valence electrons. The molecule has 1 unspecified atom stereocenters. The van der Waals surface area contributed by atoms with Gasteiger partial charge in [-0.3, -0.25) is 19.4 Å². The molecule has 1 fully saturated rings. The second-order valence-corrected chi connectivity index (χ2v) is 8.05. The maximum absolute atomic E-state index is 13.1. The molecule has 2 heterocycles. The predicted octanol–water partition coefficient (Wildman–Crippen LogP) is 1.03. The zero-order valence-corrected chi connectivity index (χ0v) is 18.5. The van der Waals surface area contributed by atoms with Crippen LogP contribution in [0, 0.1) is 0 Å². The average molecular weight is 450 g/mol. The number of primary amides is 1. The molecule has 1 saturated heterocycles. The second-order valence-electron chi connectivity index (χ2n) is 8.05. The largest absolute Gasteiger partial charge is 0.497 e. The standard InChI is InChI=1S/C24H27N5O4/c1-33-19-9-5-6-17(14-19)15-22(30)27-10-12-28(13-11-27)24(32)20-16-21(23(25)31)29(26-20)18-7-3-2-4-8-18/h2-9,14,21H,10-13,15-16H2,1H3,(H2,25,31). The van der Waals surface area contributed by atoms with Gasteiger partial charge in [0, 0.05) is 32.6 Å². The quantitative estimate of drug-likeness (QED) is 0.709. The van der Waals surface area contributed by atoms with Crippen LogP contribution >= 0.6 is 0 Å². The third-order valence-corrected chi connectivity index (χ3v) is 5.92. The predicted molar refractivity (Wildman–Crippen MR) is 124 cm³/mol. The summed E-state index contributed by atoms with van der Waals surface area (Å²) in [6, 6.07) is 15.9. The Hall–Kier alpha value is -3.88. The molecule has 0 aromatic heterocycles. The Bertz CT molecular complexity index is 1060. The van der Waals surface area contributed by atoms with Crippen molar-refractivity contribution in [1.29, 1.82) is 0 Å². The summed E-state index contributed by atoms with van der Waals surface area (Å²) < 4.78 is 5.22. The van der Waals surface area contributed by atoms with Gasteiger partial charge in [-0.15, -0.1) is 0 Å². The summed E-state index contributed by atoms with van der Waals surface area (Å²) in [7, 11) is 1.59. The summed E-state index contributed by atoms with van der Waals surface area (Å²) in [6.07, 6.45) is 0.447. The van der Waals surface area contributed by atoms with Gasteiger partial charge in [0.15, 0.2) is 0 Å². The highest BCUT2D eigenvalue weighted by atomic mass is 16.5. The number of hydrazone groups is 1. The first kappa shape index (κ1) is 22.3. The molecule has 0 aliphatic carbocycles. The van der Waals surface area contributed by atoms with Crippen LogP contribution in [0.3, 0.4) is 0 Å². The molecule has 4 rings (SSSR count). The number of nitrogens with zero attached hydrogens (tertiary/aromatic N) is 4. The molecule has 2 aliphatic rings. The second kappa shape index (κ2) is 9.72. The number of hydrogen-bond donors (Lipinski definition) is 1. The zero-order chi connectivity index (χ0) is 23.4. The van der Waals surface area contributed by atoms with Crippen LogP contribution in [0.5, 0.6) is 5.75 Å². The molecule has 3 amide bonds. The number of methoxy groups -OCH3 is 1. The van der Waals surface area contributed by atoms with Gasteiger partial charge in [0.25, 0.3) is 5.91 Å². The van der Waals surface area contributed by atoms with E-state index in [2.05, 4.69) is 5.10 Å². The number of carbonyl (C=O) groups is 3. The Kier molecular flexibility index (Phi) is 6.58. The Morgan fingerprint density at radius 2 is 1.70 bits per heavy atom. The monoisotopic (exact) mass is 449 g/mol. The number of hydrogen-bond acceptors (Lipinski definition) is 6. The highest BCUT2D eigenvalue weighted by Crippen LogP contribution is 2.25. The van der Waals surface area contributed by atoms with E-state index >= 15 is 0 Å². The number of ether oxygens (including phenoxy) is 1. The number of para-hydroxylation sites is 1. The number of anilines is 1. The lowest BCUT2D eigenvalue weighted by atomic mass is 10.1. The van der Waals surface area contributed by atoms with E-state index in [1.807, 2.05) is 54.6 Å². The van der Waals surface area contributed by atoms with Gasteiger partial charge in [0.2, 0.25) is 11.8 Å². The average Bonchev–Trinajstić information content (AvgIpc) is 3.30. The normalized spacial score (nSPS) is 18.2. The highest BCUT2D eigenvalue weighted by Gasteiger charge is 2.37.